The monoisotopic (exact) mass is 545 g/mol. The number of benzene rings is 2. The van der Waals surface area contributed by atoms with E-state index in [-0.39, 0.29) is 0 Å². The predicted octanol–water partition coefficient (Wildman–Crippen LogP) is 6.86. The Morgan fingerprint density at radius 1 is 1.23 bits per heavy atom. The Balaban J connectivity index is 0.000000617. The Morgan fingerprint density at radius 2 is 1.97 bits per heavy atom. The first-order valence-electron chi connectivity index (χ1n) is 13.8. The lowest BCUT2D eigenvalue weighted by molar-refractivity contribution is -0.109. The van der Waals surface area contributed by atoms with Gasteiger partial charge < -0.3 is 15.5 Å². The fraction of sp³-hybridized carbons (Fsp3) is 0.375. The van der Waals surface area contributed by atoms with Crippen molar-refractivity contribution in [2.24, 2.45) is 16.0 Å². The van der Waals surface area contributed by atoms with Crippen LogP contribution in [0.5, 0.6) is 0 Å². The normalized spacial score (nSPS) is 17.5. The predicted molar refractivity (Wildman–Crippen MR) is 167 cm³/mol. The molecule has 0 unspecified atom stereocenters. The molecule has 4 N–H and O–H groups in total. The first-order valence-corrected chi connectivity index (χ1v) is 14.7. The minimum atomic E-state index is 0.477. The summed E-state index contributed by atoms with van der Waals surface area (Å²) in [6.45, 7) is 11.6. The van der Waals surface area contributed by atoms with Gasteiger partial charge in [0.1, 0.15) is 5.84 Å². The zero-order chi connectivity index (χ0) is 28.2. The second-order valence-electron chi connectivity index (χ2n) is 10.2. The average molecular weight is 546 g/mol. The molecule has 7 heteroatoms. The number of hydrogen-bond donors (Lipinski definition) is 3. The number of amidine groups is 1. The van der Waals surface area contributed by atoms with Crippen LogP contribution in [0.3, 0.4) is 0 Å². The van der Waals surface area contributed by atoms with Crippen molar-refractivity contribution in [3.05, 3.63) is 89.3 Å². The number of nitrogens with zero attached hydrogens (tertiary/aromatic N) is 2. The fourth-order valence-electron chi connectivity index (χ4n) is 4.01. The van der Waals surface area contributed by atoms with Gasteiger partial charge in [0, 0.05) is 34.9 Å². The molecule has 0 saturated heterocycles. The molecule has 1 aliphatic carbocycles. The van der Waals surface area contributed by atoms with Crippen LogP contribution in [0.4, 0.5) is 0 Å². The molecule has 39 heavy (non-hydrogen) atoms. The van der Waals surface area contributed by atoms with Crippen molar-refractivity contribution < 1.29 is 4.79 Å². The molecule has 0 radical (unpaired) electrons. The maximum atomic E-state index is 9.54. The highest BCUT2D eigenvalue weighted by molar-refractivity contribution is 7.97. The molecular formula is C32H43N5OS. The average Bonchev–Trinajstić information content (AvgIpc) is 3.77. The highest BCUT2D eigenvalue weighted by Gasteiger charge is 2.25. The van der Waals surface area contributed by atoms with Crippen LogP contribution in [-0.2, 0) is 4.79 Å². The van der Waals surface area contributed by atoms with E-state index in [9.17, 15) is 4.79 Å². The lowest BCUT2D eigenvalue weighted by Crippen LogP contribution is -2.37. The molecule has 6 nitrogen and oxygen atoms in total. The van der Waals surface area contributed by atoms with Gasteiger partial charge >= 0.3 is 0 Å². The lowest BCUT2D eigenvalue weighted by Gasteiger charge is -2.34. The summed E-state index contributed by atoms with van der Waals surface area (Å²) in [5, 5.41) is 12.1. The van der Waals surface area contributed by atoms with Crippen molar-refractivity contribution in [3.8, 4) is 0 Å². The zero-order valence-electron chi connectivity index (χ0n) is 23.9. The third-order valence-electron chi connectivity index (χ3n) is 6.30. The molecule has 0 spiro atoms. The Hall–Kier alpha value is -3.29. The van der Waals surface area contributed by atoms with Crippen LogP contribution in [0.15, 0.2) is 82.5 Å². The Morgan fingerprint density at radius 3 is 2.54 bits per heavy atom. The number of unbranched alkanes of at least 4 members (excludes halogenated alkanes) is 1. The summed E-state index contributed by atoms with van der Waals surface area (Å²) in [5.41, 5.74) is 6.76. The van der Waals surface area contributed by atoms with E-state index in [2.05, 4.69) is 105 Å². The summed E-state index contributed by atoms with van der Waals surface area (Å²) in [6, 6.07) is 17.5. The van der Waals surface area contributed by atoms with Crippen LogP contribution < -0.4 is 15.8 Å². The van der Waals surface area contributed by atoms with E-state index in [4.69, 9.17) is 10.1 Å². The van der Waals surface area contributed by atoms with E-state index < -0.39 is 0 Å². The maximum Gasteiger partial charge on any atom is 0.207 e. The summed E-state index contributed by atoms with van der Waals surface area (Å²) in [7, 11) is 0. The molecule has 2 aromatic carbocycles. The van der Waals surface area contributed by atoms with Gasteiger partial charge in [0.25, 0.3) is 0 Å². The van der Waals surface area contributed by atoms with Crippen LogP contribution in [0.25, 0.3) is 11.4 Å². The number of nitrogens with two attached hydrogens (primary N) is 1. The summed E-state index contributed by atoms with van der Waals surface area (Å²) >= 11 is 1.26. The largest absolute Gasteiger partial charge is 0.356 e. The second kappa shape index (κ2) is 15.3. The number of allylic oxidation sites excluding steroid dienone is 2. The molecule has 1 fully saturated rings. The number of carbonyl (C=O) groups is 1. The van der Waals surface area contributed by atoms with Crippen molar-refractivity contribution in [1.82, 2.24) is 15.5 Å². The molecule has 2 aliphatic rings. The van der Waals surface area contributed by atoms with Crippen LogP contribution >= 0.6 is 11.9 Å². The van der Waals surface area contributed by atoms with Gasteiger partial charge in [-0.2, -0.15) is 0 Å². The highest BCUT2D eigenvalue weighted by atomic mass is 32.2. The third kappa shape index (κ3) is 9.15. The van der Waals surface area contributed by atoms with Gasteiger partial charge in [0.05, 0.1) is 11.4 Å². The maximum absolute atomic E-state index is 9.54. The zero-order valence-corrected chi connectivity index (χ0v) is 24.7. The van der Waals surface area contributed by atoms with Crippen molar-refractivity contribution in [3.63, 3.8) is 0 Å². The molecule has 0 bridgehead atoms. The smallest absolute Gasteiger partial charge is 0.207 e. The van der Waals surface area contributed by atoms with Crippen molar-refractivity contribution >= 4 is 35.6 Å². The number of nitrogens with one attached hydrogen (secondary N) is 2. The van der Waals surface area contributed by atoms with Crippen molar-refractivity contribution in [1.29, 1.82) is 0 Å². The van der Waals surface area contributed by atoms with Crippen LogP contribution in [0.2, 0.25) is 0 Å². The van der Waals surface area contributed by atoms with Gasteiger partial charge in [-0.25, -0.2) is 0 Å². The molecule has 0 atom stereocenters. The molecule has 2 aromatic rings. The summed E-state index contributed by atoms with van der Waals surface area (Å²) in [4.78, 5) is 17.9. The number of aryl methyl sites for hydroxylation is 1. The first-order chi connectivity index (χ1) is 18.9. The minimum absolute atomic E-state index is 0.477. The van der Waals surface area contributed by atoms with Crippen LogP contribution in [0.1, 0.15) is 70.1 Å². The van der Waals surface area contributed by atoms with E-state index >= 15 is 0 Å². The molecule has 1 saturated carbocycles. The van der Waals surface area contributed by atoms with E-state index in [1.54, 1.807) is 0 Å². The van der Waals surface area contributed by atoms with Gasteiger partial charge in [-0.3, -0.25) is 14.9 Å². The Bertz CT molecular complexity index is 1210. The second-order valence-corrected chi connectivity index (χ2v) is 11.0. The molecule has 1 heterocycles. The van der Waals surface area contributed by atoms with E-state index in [1.165, 1.54) is 35.9 Å². The Labute approximate surface area is 238 Å². The quantitative estimate of drug-likeness (QED) is 0.224. The molecule has 1 aliphatic heterocycles. The number of carbonyl (C=O) groups excluding carboxylic acids is 1. The van der Waals surface area contributed by atoms with Gasteiger partial charge in [-0.15, -0.1) is 0 Å². The first kappa shape index (κ1) is 30.3. The Kier molecular flexibility index (Phi) is 11.9. The molecule has 1 amide bonds. The summed E-state index contributed by atoms with van der Waals surface area (Å²) in [6.07, 6.45) is 11.8. The SMILES string of the molecule is C/C=C(/c1ccc(C)cc1)N1C=C(c2cccc(SN)c2)NC(=NCC(C)C)/C1=C\CCC.O=CNC1CC1. The summed E-state index contributed by atoms with van der Waals surface area (Å²) < 4.78 is 0. The van der Waals surface area contributed by atoms with E-state index in [0.717, 1.165) is 59.2 Å². The van der Waals surface area contributed by atoms with E-state index in [1.807, 2.05) is 12.1 Å². The fourth-order valence-corrected chi connectivity index (χ4v) is 4.36. The number of amides is 1. The molecule has 208 valence electrons. The van der Waals surface area contributed by atoms with Crippen molar-refractivity contribution in [2.75, 3.05) is 6.54 Å². The van der Waals surface area contributed by atoms with Crippen molar-refractivity contribution in [2.45, 2.75) is 71.2 Å². The van der Waals surface area contributed by atoms with Crippen LogP contribution in [-0.4, -0.2) is 29.7 Å². The highest BCUT2D eigenvalue weighted by Crippen LogP contribution is 2.32. The standard InChI is InChI=1S/C28H36N4S.C4H7NO/c1-6-8-12-27-28(30-18-20(3)4)31-25(23-10-9-11-24(17-23)33-29)19-32(27)26(7-2)22-15-13-21(5)14-16-22;6-3-5-4-1-2-4/h7,9-17,19-20H,6,8,18,29H2,1-5H3,(H,30,31);3-4H,1-2H2,(H,5,6)/b26-7-,27-12+;. The van der Waals surface area contributed by atoms with Crippen LogP contribution in [0, 0.1) is 12.8 Å². The summed E-state index contributed by atoms with van der Waals surface area (Å²) in [5.74, 6) is 1.39. The minimum Gasteiger partial charge on any atom is -0.356 e. The third-order valence-corrected chi connectivity index (χ3v) is 6.82. The van der Waals surface area contributed by atoms with E-state index in [0.29, 0.717) is 12.0 Å². The molecule has 4 rings (SSSR count). The van der Waals surface area contributed by atoms with Gasteiger partial charge in [-0.05, 0) is 68.7 Å². The van der Waals surface area contributed by atoms with Gasteiger partial charge in [0.15, 0.2) is 0 Å². The number of rotatable bonds is 10. The van der Waals surface area contributed by atoms with Gasteiger partial charge in [-0.1, -0.05) is 81.3 Å². The lowest BCUT2D eigenvalue weighted by atomic mass is 10.0. The topological polar surface area (TPSA) is 82.8 Å². The number of aliphatic imine (C=N–C) groups is 1. The van der Waals surface area contributed by atoms with Gasteiger partial charge in [0.2, 0.25) is 6.41 Å². The molecular weight excluding hydrogens is 502 g/mol. The molecule has 0 aromatic heterocycles. The number of hydrogen-bond acceptors (Lipinski definition) is 5.